The zero-order valence-electron chi connectivity index (χ0n) is 13.5. The molecule has 0 saturated carbocycles. The van der Waals surface area contributed by atoms with E-state index in [1.54, 1.807) is 6.33 Å². The van der Waals surface area contributed by atoms with Gasteiger partial charge >= 0.3 is 0 Å². The third-order valence-corrected chi connectivity index (χ3v) is 4.00. The Bertz CT molecular complexity index is 412. The molecule has 1 fully saturated rings. The lowest BCUT2D eigenvalue weighted by Crippen LogP contribution is -2.57. The predicted octanol–water partition coefficient (Wildman–Crippen LogP) is 1.75. The van der Waals surface area contributed by atoms with Gasteiger partial charge in [-0.25, -0.2) is 9.67 Å². The highest BCUT2D eigenvalue weighted by Crippen LogP contribution is 2.17. The third kappa shape index (κ3) is 3.79. The Hall–Kier alpha value is -0.940. The lowest BCUT2D eigenvalue weighted by molar-refractivity contribution is 0.0910. The molecule has 0 bridgehead atoms. The van der Waals surface area contributed by atoms with Crippen LogP contribution < -0.4 is 5.32 Å². The number of piperazine rings is 1. The van der Waals surface area contributed by atoms with E-state index in [1.165, 1.54) is 0 Å². The van der Waals surface area contributed by atoms with E-state index in [-0.39, 0.29) is 0 Å². The summed E-state index contributed by atoms with van der Waals surface area (Å²) in [7, 11) is 0. The average Bonchev–Trinajstić information content (AvgIpc) is 2.75. The fraction of sp³-hybridized carbons (Fsp3) is 0.867. The van der Waals surface area contributed by atoms with Crippen molar-refractivity contribution in [3.8, 4) is 0 Å². The molecule has 0 radical (unpaired) electrons. The van der Waals surface area contributed by atoms with Crippen LogP contribution in [0.1, 0.15) is 40.4 Å². The normalized spacial score (nSPS) is 24.8. The Morgan fingerprint density at radius 3 is 2.75 bits per heavy atom. The number of hydrogen-bond acceptors (Lipinski definition) is 4. The fourth-order valence-electron chi connectivity index (χ4n) is 2.93. The molecule has 1 aromatic rings. The molecule has 1 aliphatic rings. The number of nitrogens with zero attached hydrogens (tertiary/aromatic N) is 4. The van der Waals surface area contributed by atoms with Crippen molar-refractivity contribution in [2.75, 3.05) is 13.1 Å². The minimum Gasteiger partial charge on any atom is -0.311 e. The Morgan fingerprint density at radius 1 is 1.35 bits per heavy atom. The van der Waals surface area contributed by atoms with Gasteiger partial charge in [0.1, 0.15) is 12.2 Å². The summed E-state index contributed by atoms with van der Waals surface area (Å²) in [5, 5.41) is 7.96. The zero-order chi connectivity index (χ0) is 14.7. The van der Waals surface area contributed by atoms with Gasteiger partial charge in [-0.15, -0.1) is 0 Å². The van der Waals surface area contributed by atoms with Crippen LogP contribution in [0.2, 0.25) is 0 Å². The summed E-state index contributed by atoms with van der Waals surface area (Å²) >= 11 is 0. The first-order valence-electron chi connectivity index (χ1n) is 7.81. The zero-order valence-corrected chi connectivity index (χ0v) is 13.5. The molecule has 0 aliphatic carbocycles. The van der Waals surface area contributed by atoms with Crippen molar-refractivity contribution in [3.05, 3.63) is 12.2 Å². The highest BCUT2D eigenvalue weighted by molar-refractivity contribution is 4.92. The Balaban J connectivity index is 2.08. The summed E-state index contributed by atoms with van der Waals surface area (Å²) in [5.41, 5.74) is 0. The lowest BCUT2D eigenvalue weighted by Gasteiger charge is -2.41. The Morgan fingerprint density at radius 2 is 2.10 bits per heavy atom. The minimum atomic E-state index is 0.548. The molecule has 5 nitrogen and oxygen atoms in total. The molecule has 1 saturated heterocycles. The molecule has 2 atom stereocenters. The molecule has 2 heterocycles. The van der Waals surface area contributed by atoms with E-state index in [9.17, 15) is 0 Å². The highest BCUT2D eigenvalue weighted by Gasteiger charge is 2.29. The Kier molecular flexibility index (Phi) is 5.16. The second kappa shape index (κ2) is 6.68. The molecule has 5 heteroatoms. The Labute approximate surface area is 122 Å². The number of hydrogen-bond donors (Lipinski definition) is 1. The van der Waals surface area contributed by atoms with Crippen LogP contribution in [0.4, 0.5) is 0 Å². The second-order valence-corrected chi connectivity index (χ2v) is 6.80. The van der Waals surface area contributed by atoms with Gasteiger partial charge in [0.15, 0.2) is 0 Å². The van der Waals surface area contributed by atoms with E-state index in [0.717, 1.165) is 32.0 Å². The van der Waals surface area contributed by atoms with Crippen LogP contribution in [0, 0.1) is 11.8 Å². The maximum Gasteiger partial charge on any atom is 0.141 e. The van der Waals surface area contributed by atoms with E-state index < -0.39 is 0 Å². The van der Waals surface area contributed by atoms with Gasteiger partial charge in [-0.05, 0) is 18.8 Å². The van der Waals surface area contributed by atoms with Gasteiger partial charge in [-0.1, -0.05) is 27.7 Å². The van der Waals surface area contributed by atoms with E-state index in [2.05, 4.69) is 59.6 Å². The monoisotopic (exact) mass is 279 g/mol. The topological polar surface area (TPSA) is 46.0 Å². The molecule has 0 spiro atoms. The van der Waals surface area contributed by atoms with Gasteiger partial charge in [0.05, 0.1) is 6.54 Å². The van der Waals surface area contributed by atoms with Crippen molar-refractivity contribution in [2.24, 2.45) is 11.8 Å². The first-order valence-corrected chi connectivity index (χ1v) is 7.81. The molecule has 1 aromatic heterocycles. The molecule has 114 valence electrons. The third-order valence-electron chi connectivity index (χ3n) is 4.00. The molecular formula is C15H29N5. The van der Waals surface area contributed by atoms with Crippen molar-refractivity contribution in [1.29, 1.82) is 0 Å². The largest absolute Gasteiger partial charge is 0.311 e. The first-order chi connectivity index (χ1) is 9.47. The maximum absolute atomic E-state index is 4.47. The smallest absolute Gasteiger partial charge is 0.141 e. The average molecular weight is 279 g/mol. The fourth-order valence-corrected chi connectivity index (χ4v) is 2.93. The molecule has 1 aliphatic heterocycles. The number of rotatable bonds is 5. The highest BCUT2D eigenvalue weighted by atomic mass is 15.4. The van der Waals surface area contributed by atoms with Crippen LogP contribution in [0.3, 0.4) is 0 Å². The van der Waals surface area contributed by atoms with Crippen LogP contribution in [0.5, 0.6) is 0 Å². The van der Waals surface area contributed by atoms with Crippen LogP contribution in [-0.2, 0) is 13.1 Å². The summed E-state index contributed by atoms with van der Waals surface area (Å²) in [4.78, 5) is 7.03. The van der Waals surface area contributed by atoms with E-state index in [1.807, 2.05) is 0 Å². The summed E-state index contributed by atoms with van der Waals surface area (Å²) in [6.07, 6.45) is 1.69. The molecule has 2 rings (SSSR count). The van der Waals surface area contributed by atoms with Crippen LogP contribution in [-0.4, -0.2) is 44.8 Å². The van der Waals surface area contributed by atoms with Crippen LogP contribution in [0.25, 0.3) is 0 Å². The van der Waals surface area contributed by atoms with Crippen LogP contribution in [0.15, 0.2) is 6.33 Å². The molecule has 20 heavy (non-hydrogen) atoms. The van der Waals surface area contributed by atoms with Gasteiger partial charge in [0, 0.05) is 31.7 Å². The van der Waals surface area contributed by atoms with Crippen molar-refractivity contribution in [1.82, 2.24) is 25.0 Å². The summed E-state index contributed by atoms with van der Waals surface area (Å²) < 4.78 is 2.06. The molecule has 2 unspecified atom stereocenters. The molecule has 0 aromatic carbocycles. The SMILES string of the molecule is CC(C)Cn1ncnc1CN1CC(C)NCC1C(C)C. The van der Waals surface area contributed by atoms with Gasteiger partial charge in [0.25, 0.3) is 0 Å². The molecule has 1 N–H and O–H groups in total. The van der Waals surface area contributed by atoms with E-state index in [4.69, 9.17) is 0 Å². The van der Waals surface area contributed by atoms with Gasteiger partial charge in [-0.3, -0.25) is 4.90 Å². The summed E-state index contributed by atoms with van der Waals surface area (Å²) in [6, 6.07) is 1.13. The molecular weight excluding hydrogens is 250 g/mol. The second-order valence-electron chi connectivity index (χ2n) is 6.80. The van der Waals surface area contributed by atoms with Crippen molar-refractivity contribution in [3.63, 3.8) is 0 Å². The minimum absolute atomic E-state index is 0.548. The maximum atomic E-state index is 4.47. The number of aromatic nitrogens is 3. The summed E-state index contributed by atoms with van der Waals surface area (Å²) in [6.45, 7) is 15.3. The van der Waals surface area contributed by atoms with Gasteiger partial charge < -0.3 is 5.32 Å². The lowest BCUT2D eigenvalue weighted by atomic mass is 9.99. The van der Waals surface area contributed by atoms with Gasteiger partial charge in [0.2, 0.25) is 0 Å². The predicted molar refractivity (Wildman–Crippen MR) is 81.4 cm³/mol. The number of nitrogens with one attached hydrogen (secondary N) is 1. The first kappa shape index (κ1) is 15.4. The van der Waals surface area contributed by atoms with Crippen LogP contribution >= 0.6 is 0 Å². The van der Waals surface area contributed by atoms with E-state index in [0.29, 0.717) is 23.9 Å². The summed E-state index contributed by atoms with van der Waals surface area (Å²) in [5.74, 6) is 2.34. The van der Waals surface area contributed by atoms with Gasteiger partial charge in [-0.2, -0.15) is 5.10 Å². The van der Waals surface area contributed by atoms with Crippen molar-refractivity contribution >= 4 is 0 Å². The quantitative estimate of drug-likeness (QED) is 0.892. The van der Waals surface area contributed by atoms with Crippen molar-refractivity contribution in [2.45, 2.75) is 59.8 Å². The van der Waals surface area contributed by atoms with E-state index >= 15 is 0 Å². The molecule has 0 amide bonds. The van der Waals surface area contributed by atoms with Crippen molar-refractivity contribution < 1.29 is 0 Å². The standard InChI is InChI=1S/C15H29N5/c1-11(2)7-20-15(17-10-18-20)9-19-8-13(5)16-6-14(19)12(3)4/h10-14,16H,6-9H2,1-5H3.